The van der Waals surface area contributed by atoms with E-state index in [9.17, 15) is 18.8 Å². The summed E-state index contributed by atoms with van der Waals surface area (Å²) in [6.45, 7) is 2.38. The highest BCUT2D eigenvalue weighted by atomic mass is 19.1. The van der Waals surface area contributed by atoms with Gasteiger partial charge in [0.1, 0.15) is 11.9 Å². The van der Waals surface area contributed by atoms with E-state index in [0.717, 1.165) is 18.4 Å². The van der Waals surface area contributed by atoms with Crippen molar-refractivity contribution in [2.45, 2.75) is 32.2 Å². The molecule has 0 aliphatic carbocycles. The normalized spacial score (nSPS) is 11.4. The molecule has 2 N–H and O–H groups in total. The summed E-state index contributed by atoms with van der Waals surface area (Å²) < 4.78 is 18.4. The molecule has 0 radical (unpaired) electrons. The molecule has 0 heterocycles. The van der Waals surface area contributed by atoms with Gasteiger partial charge in [0.2, 0.25) is 5.91 Å². The lowest BCUT2D eigenvalue weighted by molar-refractivity contribution is -0.118. The maximum absolute atomic E-state index is 13.2. The number of ether oxygens (including phenoxy) is 1. The Morgan fingerprint density at radius 1 is 0.882 bits per heavy atom. The largest absolute Gasteiger partial charge is 0.462 e. The van der Waals surface area contributed by atoms with Crippen LogP contribution in [-0.4, -0.2) is 30.4 Å². The van der Waals surface area contributed by atoms with Gasteiger partial charge in [0.25, 0.3) is 5.91 Å². The van der Waals surface area contributed by atoms with Crippen LogP contribution < -0.4 is 10.6 Å². The minimum Gasteiger partial charge on any atom is -0.462 e. The van der Waals surface area contributed by atoms with E-state index in [-0.39, 0.29) is 12.0 Å². The van der Waals surface area contributed by atoms with Gasteiger partial charge in [-0.15, -0.1) is 0 Å². The summed E-state index contributed by atoms with van der Waals surface area (Å²) in [5.41, 5.74) is 1.98. The number of carbonyl (C=O) groups excluding carboxylic acids is 3. The van der Waals surface area contributed by atoms with Gasteiger partial charge < -0.3 is 15.4 Å². The molecule has 0 aliphatic rings. The number of amides is 2. The number of hydrogen-bond donors (Lipinski definition) is 2. The van der Waals surface area contributed by atoms with Crippen molar-refractivity contribution >= 4 is 23.5 Å². The summed E-state index contributed by atoms with van der Waals surface area (Å²) in [6, 6.07) is 19.9. The van der Waals surface area contributed by atoms with E-state index in [2.05, 4.69) is 10.6 Å². The lowest BCUT2D eigenvalue weighted by atomic mass is 10.0. The Hall–Kier alpha value is -4.00. The van der Waals surface area contributed by atoms with Gasteiger partial charge in [-0.25, -0.2) is 9.18 Å². The molecule has 1 unspecified atom stereocenters. The van der Waals surface area contributed by atoms with Crippen molar-refractivity contribution in [3.63, 3.8) is 0 Å². The van der Waals surface area contributed by atoms with Crippen LogP contribution in [0.4, 0.5) is 10.1 Å². The topological polar surface area (TPSA) is 84.5 Å². The Bertz CT molecular complexity index is 1100. The summed E-state index contributed by atoms with van der Waals surface area (Å²) in [6.07, 6.45) is 1.99. The molecule has 7 heteroatoms. The Balaban J connectivity index is 1.69. The quantitative estimate of drug-likeness (QED) is 0.336. The standard InChI is InChI=1S/C27H27FN2O4/c1-2-3-17-34-27(33)21-11-15-23(16-12-21)29-26(32)24(18-19-7-5-4-6-8-19)30-25(31)20-9-13-22(28)14-10-20/h4-16,24H,2-3,17-18H2,1H3,(H,29,32)(H,30,31). The third-order valence-corrected chi connectivity index (χ3v) is 5.13. The van der Waals surface area contributed by atoms with Gasteiger partial charge in [-0.1, -0.05) is 43.7 Å². The number of nitrogens with one attached hydrogen (secondary N) is 2. The zero-order valence-electron chi connectivity index (χ0n) is 18.9. The van der Waals surface area contributed by atoms with E-state index in [4.69, 9.17) is 4.74 Å². The molecule has 0 bridgehead atoms. The first kappa shape index (κ1) is 24.6. The van der Waals surface area contributed by atoms with E-state index in [1.807, 2.05) is 37.3 Å². The average Bonchev–Trinajstić information content (AvgIpc) is 2.85. The minimum absolute atomic E-state index is 0.248. The monoisotopic (exact) mass is 462 g/mol. The van der Waals surface area contributed by atoms with Crippen LogP contribution >= 0.6 is 0 Å². The number of esters is 1. The first-order chi connectivity index (χ1) is 16.5. The van der Waals surface area contributed by atoms with E-state index in [1.165, 1.54) is 24.3 Å². The number of anilines is 1. The summed E-state index contributed by atoms with van der Waals surface area (Å²) in [4.78, 5) is 37.8. The summed E-state index contributed by atoms with van der Waals surface area (Å²) >= 11 is 0. The van der Waals surface area contributed by atoms with Gasteiger partial charge in [0.15, 0.2) is 0 Å². The van der Waals surface area contributed by atoms with Crippen molar-refractivity contribution in [1.29, 1.82) is 0 Å². The van der Waals surface area contributed by atoms with Crippen LogP contribution in [0, 0.1) is 5.82 Å². The van der Waals surface area contributed by atoms with Gasteiger partial charge in [-0.2, -0.15) is 0 Å². The van der Waals surface area contributed by atoms with Crippen molar-refractivity contribution < 1.29 is 23.5 Å². The van der Waals surface area contributed by atoms with Crippen LogP contribution in [0.3, 0.4) is 0 Å². The van der Waals surface area contributed by atoms with E-state index >= 15 is 0 Å². The first-order valence-corrected chi connectivity index (χ1v) is 11.1. The third kappa shape index (κ3) is 7.27. The highest BCUT2D eigenvalue weighted by molar-refractivity contribution is 6.01. The van der Waals surface area contributed by atoms with Crippen molar-refractivity contribution in [3.05, 3.63) is 101 Å². The van der Waals surface area contributed by atoms with Gasteiger partial charge in [-0.05, 0) is 60.5 Å². The third-order valence-electron chi connectivity index (χ3n) is 5.13. The highest BCUT2D eigenvalue weighted by Gasteiger charge is 2.22. The highest BCUT2D eigenvalue weighted by Crippen LogP contribution is 2.13. The Morgan fingerprint density at radius 2 is 1.53 bits per heavy atom. The van der Waals surface area contributed by atoms with Crippen LogP contribution in [0.5, 0.6) is 0 Å². The molecule has 0 fully saturated rings. The maximum atomic E-state index is 13.2. The fraction of sp³-hybridized carbons (Fsp3) is 0.222. The Labute approximate surface area is 198 Å². The molecule has 3 aromatic rings. The molecule has 176 valence electrons. The van der Waals surface area contributed by atoms with Crippen molar-refractivity contribution in [1.82, 2.24) is 5.32 Å². The van der Waals surface area contributed by atoms with Crippen LogP contribution in [0.2, 0.25) is 0 Å². The summed E-state index contributed by atoms with van der Waals surface area (Å²) in [5.74, 6) is -1.77. The number of carbonyl (C=O) groups is 3. The molecule has 0 saturated carbocycles. The first-order valence-electron chi connectivity index (χ1n) is 11.1. The lowest BCUT2D eigenvalue weighted by Crippen LogP contribution is -2.45. The number of benzene rings is 3. The number of hydrogen-bond acceptors (Lipinski definition) is 4. The van der Waals surface area contributed by atoms with Crippen LogP contribution in [-0.2, 0) is 16.0 Å². The molecule has 0 aromatic heterocycles. The second-order valence-electron chi connectivity index (χ2n) is 7.78. The SMILES string of the molecule is CCCCOC(=O)c1ccc(NC(=O)C(Cc2ccccc2)NC(=O)c2ccc(F)cc2)cc1. The van der Waals surface area contributed by atoms with Crippen molar-refractivity contribution in [2.75, 3.05) is 11.9 Å². The van der Waals surface area contributed by atoms with Crippen LogP contribution in [0.1, 0.15) is 46.0 Å². The molecular weight excluding hydrogens is 435 g/mol. The summed E-state index contributed by atoms with van der Waals surface area (Å²) in [7, 11) is 0. The van der Waals surface area contributed by atoms with Gasteiger partial charge >= 0.3 is 5.97 Å². The summed E-state index contributed by atoms with van der Waals surface area (Å²) in [5, 5.41) is 5.51. The van der Waals surface area contributed by atoms with Crippen LogP contribution in [0.25, 0.3) is 0 Å². The Morgan fingerprint density at radius 3 is 2.18 bits per heavy atom. The molecule has 3 aromatic carbocycles. The number of rotatable bonds is 10. The molecule has 1 atom stereocenters. The second-order valence-corrected chi connectivity index (χ2v) is 7.78. The average molecular weight is 463 g/mol. The molecule has 3 rings (SSSR count). The zero-order chi connectivity index (χ0) is 24.3. The predicted octanol–water partition coefficient (Wildman–Crippen LogP) is 4.76. The van der Waals surface area contributed by atoms with Crippen molar-refractivity contribution in [2.24, 2.45) is 0 Å². The van der Waals surface area contributed by atoms with E-state index < -0.39 is 29.6 Å². The zero-order valence-corrected chi connectivity index (χ0v) is 18.9. The van der Waals surface area contributed by atoms with E-state index in [0.29, 0.717) is 17.9 Å². The Kier molecular flexibility index (Phi) is 8.91. The van der Waals surface area contributed by atoms with Crippen molar-refractivity contribution in [3.8, 4) is 0 Å². The minimum atomic E-state index is -0.876. The second kappa shape index (κ2) is 12.3. The smallest absolute Gasteiger partial charge is 0.338 e. The predicted molar refractivity (Wildman–Crippen MR) is 128 cm³/mol. The molecule has 0 saturated heterocycles. The van der Waals surface area contributed by atoms with Gasteiger partial charge in [-0.3, -0.25) is 9.59 Å². The maximum Gasteiger partial charge on any atom is 0.338 e. The van der Waals surface area contributed by atoms with Gasteiger partial charge in [0.05, 0.1) is 12.2 Å². The number of halogens is 1. The molecule has 2 amide bonds. The lowest BCUT2D eigenvalue weighted by Gasteiger charge is -2.19. The van der Waals surface area contributed by atoms with E-state index in [1.54, 1.807) is 24.3 Å². The molecule has 0 spiro atoms. The fourth-order valence-electron chi connectivity index (χ4n) is 3.21. The molecule has 6 nitrogen and oxygen atoms in total. The molecular formula is C27H27FN2O4. The van der Waals surface area contributed by atoms with Crippen LogP contribution in [0.15, 0.2) is 78.9 Å². The fourth-order valence-corrected chi connectivity index (χ4v) is 3.21. The molecule has 0 aliphatic heterocycles. The molecule has 34 heavy (non-hydrogen) atoms. The van der Waals surface area contributed by atoms with Gasteiger partial charge in [0, 0.05) is 17.7 Å². The number of unbranched alkanes of at least 4 members (excludes halogenated alkanes) is 1.